The monoisotopic (exact) mass is 734 g/mol. The van der Waals surface area contributed by atoms with Crippen LogP contribution in [0.15, 0.2) is 109 Å². The number of nitrogens with two attached hydrogens (primary N) is 1. The third-order valence-electron chi connectivity index (χ3n) is 9.16. The molecule has 11 nitrogen and oxygen atoms in total. The molecule has 0 spiro atoms. The summed E-state index contributed by atoms with van der Waals surface area (Å²) < 4.78 is 14.9. The number of hydrogen-bond acceptors (Lipinski definition) is 9. The van der Waals surface area contributed by atoms with Crippen LogP contribution in [0.5, 0.6) is 0 Å². The summed E-state index contributed by atoms with van der Waals surface area (Å²) in [5.74, 6) is 0.610. The number of unbranched alkanes of at least 4 members (excludes halogenated alkanes) is 2. The van der Waals surface area contributed by atoms with Gasteiger partial charge in [0.25, 0.3) is 0 Å². The summed E-state index contributed by atoms with van der Waals surface area (Å²) in [6, 6.07) is 31.4. The average Bonchev–Trinajstić information content (AvgIpc) is 3.61. The molecule has 0 bridgehead atoms. The van der Waals surface area contributed by atoms with E-state index in [0.717, 1.165) is 45.0 Å². The number of ether oxygens (including phenoxy) is 2. The predicted octanol–water partition coefficient (Wildman–Crippen LogP) is 7.10. The molecule has 5 N–H and O–H groups in total. The highest BCUT2D eigenvalue weighted by molar-refractivity contribution is 7.99. The lowest BCUT2D eigenvalue weighted by Crippen LogP contribution is -2.31. The van der Waals surface area contributed by atoms with Crippen molar-refractivity contribution in [3.63, 3.8) is 0 Å². The maximum absolute atomic E-state index is 12.6. The number of aromatic nitrogens is 3. The van der Waals surface area contributed by atoms with E-state index >= 15 is 0 Å². The van der Waals surface area contributed by atoms with Crippen LogP contribution in [0, 0.1) is 0 Å². The number of para-hydroxylation sites is 2. The highest BCUT2D eigenvalue weighted by Gasteiger charge is 2.32. The van der Waals surface area contributed by atoms with Gasteiger partial charge in [0.1, 0.15) is 6.33 Å². The first kappa shape index (κ1) is 37.7. The Morgan fingerprint density at radius 3 is 2.36 bits per heavy atom. The van der Waals surface area contributed by atoms with Gasteiger partial charge in [-0.05, 0) is 58.9 Å². The second-order valence-corrected chi connectivity index (χ2v) is 14.2. The fourth-order valence-corrected chi connectivity index (χ4v) is 7.05. The number of aryl methyl sites for hydroxylation is 1. The summed E-state index contributed by atoms with van der Waals surface area (Å²) in [6.45, 7) is 0.430. The fourth-order valence-electron chi connectivity index (χ4n) is 6.15. The smallest absolute Gasteiger partial charge is 0.224 e. The van der Waals surface area contributed by atoms with Crippen LogP contribution in [-0.4, -0.2) is 43.5 Å². The van der Waals surface area contributed by atoms with Crippen LogP contribution < -0.4 is 16.4 Å². The molecule has 6 rings (SSSR count). The lowest BCUT2D eigenvalue weighted by Gasteiger charge is -2.36. The van der Waals surface area contributed by atoms with Gasteiger partial charge in [0, 0.05) is 44.2 Å². The standard InChI is InChI=1S/C41H46N6O5S/c1-47-27-44-46-41(47)53-26-34-23-37(31-16-14-28(25-48)15-17-31)52-40(51-34)32-20-18-30(19-21-32)33-9-7-8-29(22-33)24-43-38(49)12-3-2-4-13-39(50)45-36-11-6-5-10-35(36)42/h5-11,14-22,27,34,37,40,48H,2-4,12-13,23-26,42H2,1H3,(H,43,49)(H,45,50)/t34-,37+,40+/m1/s1. The Kier molecular flexibility index (Phi) is 13.3. The first-order chi connectivity index (χ1) is 25.8. The van der Waals surface area contributed by atoms with E-state index in [4.69, 9.17) is 15.2 Å². The number of carbonyl (C=O) groups excluding carboxylic acids is 2. The van der Waals surface area contributed by atoms with Gasteiger partial charge < -0.3 is 35.5 Å². The molecule has 1 aliphatic heterocycles. The number of nitrogens with zero attached hydrogens (tertiary/aromatic N) is 3. The maximum Gasteiger partial charge on any atom is 0.224 e. The molecular weight excluding hydrogens is 689 g/mol. The summed E-state index contributed by atoms with van der Waals surface area (Å²) in [6.07, 6.45) is 4.55. The van der Waals surface area contributed by atoms with Gasteiger partial charge in [0.15, 0.2) is 11.4 Å². The van der Waals surface area contributed by atoms with Crippen LogP contribution in [0.25, 0.3) is 11.1 Å². The van der Waals surface area contributed by atoms with Crippen molar-refractivity contribution in [2.45, 2.75) is 75.3 Å². The van der Waals surface area contributed by atoms with Crippen molar-refractivity contribution in [1.29, 1.82) is 0 Å². The van der Waals surface area contributed by atoms with E-state index < -0.39 is 6.29 Å². The Bertz CT molecular complexity index is 1950. The van der Waals surface area contributed by atoms with Crippen LogP contribution in [0.4, 0.5) is 11.4 Å². The minimum absolute atomic E-state index is 0.00461. The molecule has 12 heteroatoms. The molecule has 1 aliphatic rings. The predicted molar refractivity (Wildman–Crippen MR) is 206 cm³/mol. The van der Waals surface area contributed by atoms with E-state index in [1.165, 1.54) is 0 Å². The molecule has 0 saturated carbocycles. The fraction of sp³-hybridized carbons (Fsp3) is 0.317. The summed E-state index contributed by atoms with van der Waals surface area (Å²) in [7, 11) is 1.93. The Morgan fingerprint density at radius 2 is 1.62 bits per heavy atom. The first-order valence-electron chi connectivity index (χ1n) is 17.9. The third kappa shape index (κ3) is 10.8. The van der Waals surface area contributed by atoms with Gasteiger partial charge >= 0.3 is 0 Å². The number of aliphatic hydroxyl groups is 1. The second-order valence-electron chi connectivity index (χ2n) is 13.2. The zero-order valence-electron chi connectivity index (χ0n) is 29.8. The molecule has 2 amide bonds. The molecule has 5 aromatic rings. The van der Waals surface area contributed by atoms with Crippen LogP contribution in [-0.2, 0) is 39.3 Å². The molecule has 1 fully saturated rings. The minimum Gasteiger partial charge on any atom is -0.397 e. The normalized spacial score (nSPS) is 17.0. The lowest BCUT2D eigenvalue weighted by atomic mass is 9.99. The van der Waals surface area contributed by atoms with Gasteiger partial charge in [-0.2, -0.15) is 0 Å². The SMILES string of the molecule is Cn1cnnc1SC[C@H]1C[C@@H](c2ccc(CO)cc2)O[C@@H](c2ccc(-c3cccc(CNC(=O)CCCCCC(=O)Nc4ccccc4N)c3)cc2)O1. The number of carbonyl (C=O) groups is 2. The lowest BCUT2D eigenvalue weighted by molar-refractivity contribution is -0.245. The van der Waals surface area contributed by atoms with Crippen molar-refractivity contribution in [2.24, 2.45) is 7.05 Å². The van der Waals surface area contributed by atoms with Gasteiger partial charge in [-0.15, -0.1) is 10.2 Å². The number of thioether (sulfide) groups is 1. The van der Waals surface area contributed by atoms with Crippen molar-refractivity contribution in [3.8, 4) is 11.1 Å². The molecule has 0 aliphatic carbocycles. The number of nitrogens with one attached hydrogen (secondary N) is 2. The van der Waals surface area contributed by atoms with Gasteiger partial charge in [-0.3, -0.25) is 9.59 Å². The molecule has 0 unspecified atom stereocenters. The van der Waals surface area contributed by atoms with Crippen molar-refractivity contribution in [3.05, 3.63) is 126 Å². The topological polar surface area (TPSA) is 154 Å². The summed E-state index contributed by atoms with van der Waals surface area (Å²) >= 11 is 1.61. The molecule has 0 radical (unpaired) electrons. The van der Waals surface area contributed by atoms with Crippen LogP contribution in [0.3, 0.4) is 0 Å². The Labute approximate surface area is 314 Å². The Morgan fingerprint density at radius 1 is 0.868 bits per heavy atom. The van der Waals surface area contributed by atoms with E-state index in [1.807, 2.05) is 72.3 Å². The summed E-state index contributed by atoms with van der Waals surface area (Å²) in [4.78, 5) is 24.8. The van der Waals surface area contributed by atoms with E-state index in [2.05, 4.69) is 45.1 Å². The van der Waals surface area contributed by atoms with E-state index in [9.17, 15) is 14.7 Å². The number of benzene rings is 4. The molecule has 53 heavy (non-hydrogen) atoms. The largest absolute Gasteiger partial charge is 0.397 e. The summed E-state index contributed by atoms with van der Waals surface area (Å²) in [5, 5.41) is 24.4. The third-order valence-corrected chi connectivity index (χ3v) is 10.3. The molecule has 1 saturated heterocycles. The highest BCUT2D eigenvalue weighted by atomic mass is 32.2. The van der Waals surface area contributed by atoms with Gasteiger partial charge in [0.2, 0.25) is 11.8 Å². The van der Waals surface area contributed by atoms with Crippen LogP contribution in [0.1, 0.15) is 73.2 Å². The van der Waals surface area contributed by atoms with Crippen molar-refractivity contribution >= 4 is 35.0 Å². The maximum atomic E-state index is 12.6. The summed E-state index contributed by atoms with van der Waals surface area (Å²) in [5.41, 5.74) is 13.0. The molecule has 4 aromatic carbocycles. The van der Waals surface area contributed by atoms with Crippen LogP contribution in [0.2, 0.25) is 0 Å². The van der Waals surface area contributed by atoms with Gasteiger partial charge in [-0.25, -0.2) is 0 Å². The van der Waals surface area contributed by atoms with E-state index in [-0.39, 0.29) is 30.6 Å². The average molecular weight is 735 g/mol. The number of nitrogen functional groups attached to an aromatic ring is 1. The number of amides is 2. The van der Waals surface area contributed by atoms with Gasteiger partial charge in [-0.1, -0.05) is 97.0 Å². The number of anilines is 2. The number of aliphatic hydroxyl groups excluding tert-OH is 1. The highest BCUT2D eigenvalue weighted by Crippen LogP contribution is 2.39. The van der Waals surface area contributed by atoms with E-state index in [1.54, 1.807) is 30.2 Å². The second kappa shape index (κ2) is 18.7. The molecule has 2 heterocycles. The van der Waals surface area contributed by atoms with Crippen LogP contribution >= 0.6 is 11.8 Å². The molecule has 3 atom stereocenters. The molecular formula is C41H46N6O5S. The minimum atomic E-state index is -0.558. The van der Waals surface area contributed by atoms with E-state index in [0.29, 0.717) is 55.8 Å². The number of rotatable bonds is 16. The zero-order chi connectivity index (χ0) is 37.0. The number of hydrogen-bond donors (Lipinski definition) is 4. The Balaban J connectivity index is 0.997. The van der Waals surface area contributed by atoms with Gasteiger partial charge in [0.05, 0.1) is 30.2 Å². The van der Waals surface area contributed by atoms with Crippen molar-refractivity contribution in [1.82, 2.24) is 20.1 Å². The molecule has 1 aromatic heterocycles. The first-order valence-corrected chi connectivity index (χ1v) is 18.9. The Hall–Kier alpha value is -5.01. The molecule has 276 valence electrons. The quantitative estimate of drug-likeness (QED) is 0.0472. The zero-order valence-corrected chi connectivity index (χ0v) is 30.6. The van der Waals surface area contributed by atoms with Crippen molar-refractivity contribution in [2.75, 3.05) is 16.8 Å². The van der Waals surface area contributed by atoms with Crippen molar-refractivity contribution < 1.29 is 24.2 Å².